The number of hydrazone groups is 1. The molecule has 1 aliphatic heterocycles. The summed E-state index contributed by atoms with van der Waals surface area (Å²) in [5.74, 6) is -1.58. The van der Waals surface area contributed by atoms with Crippen LogP contribution < -0.4 is 5.01 Å². The molecular formula is C15H18N2O5. The summed E-state index contributed by atoms with van der Waals surface area (Å²) in [6.07, 6.45) is 0. The predicted octanol–water partition coefficient (Wildman–Crippen LogP) is 0.819. The highest BCUT2D eigenvalue weighted by atomic mass is 16.5. The van der Waals surface area contributed by atoms with Crippen molar-refractivity contribution in [2.75, 3.05) is 25.8 Å². The minimum Gasteiger partial charge on any atom is -0.465 e. The zero-order valence-electron chi connectivity index (χ0n) is 12.6. The largest absolute Gasteiger partial charge is 0.465 e. The van der Waals surface area contributed by atoms with Crippen LogP contribution in [0.3, 0.4) is 0 Å². The Morgan fingerprint density at radius 2 is 1.86 bits per heavy atom. The Hall–Kier alpha value is -2.41. The highest BCUT2D eigenvalue weighted by Gasteiger charge is 2.39. The van der Waals surface area contributed by atoms with Crippen LogP contribution in [0.2, 0.25) is 0 Å². The first-order valence-electron chi connectivity index (χ1n) is 6.79. The molecule has 1 aromatic rings. The number of aliphatic hydroxyl groups is 1. The van der Waals surface area contributed by atoms with Gasteiger partial charge in [0.1, 0.15) is 0 Å². The van der Waals surface area contributed by atoms with Crippen molar-refractivity contribution in [2.24, 2.45) is 11.0 Å². The van der Waals surface area contributed by atoms with E-state index in [9.17, 15) is 14.7 Å². The standard InChI is InChI=1S/C15H18N2O5/c1-9-11(8-18)13(15(20)22-3)16-17(9)12-7-5-4-6-10(12)14(19)21-2/h4-7,9,11,18H,8H2,1-3H3/t9-,11-/m0/s1. The van der Waals surface area contributed by atoms with Gasteiger partial charge < -0.3 is 14.6 Å². The van der Waals surface area contributed by atoms with Crippen LogP contribution in [0.25, 0.3) is 0 Å². The molecule has 7 heteroatoms. The zero-order valence-corrected chi connectivity index (χ0v) is 12.6. The number of hydrogen-bond acceptors (Lipinski definition) is 7. The number of aliphatic hydroxyl groups excluding tert-OH is 1. The molecule has 2 atom stereocenters. The number of nitrogens with zero attached hydrogens (tertiary/aromatic N) is 2. The van der Waals surface area contributed by atoms with Gasteiger partial charge in [-0.2, -0.15) is 5.10 Å². The third-order valence-corrected chi connectivity index (χ3v) is 3.68. The lowest BCUT2D eigenvalue weighted by Crippen LogP contribution is -2.35. The summed E-state index contributed by atoms with van der Waals surface area (Å²) in [5, 5.41) is 15.3. The van der Waals surface area contributed by atoms with Crippen LogP contribution in [-0.2, 0) is 14.3 Å². The van der Waals surface area contributed by atoms with E-state index in [1.807, 2.05) is 6.92 Å². The van der Waals surface area contributed by atoms with Gasteiger partial charge in [0.25, 0.3) is 0 Å². The first-order valence-corrected chi connectivity index (χ1v) is 6.79. The van der Waals surface area contributed by atoms with Crippen molar-refractivity contribution in [2.45, 2.75) is 13.0 Å². The Bertz CT molecular complexity index is 614. The summed E-state index contributed by atoms with van der Waals surface area (Å²) >= 11 is 0. The topological polar surface area (TPSA) is 88.4 Å². The molecule has 0 amide bonds. The molecule has 7 nitrogen and oxygen atoms in total. The maximum Gasteiger partial charge on any atom is 0.354 e. The van der Waals surface area contributed by atoms with Gasteiger partial charge >= 0.3 is 11.9 Å². The number of ether oxygens (including phenoxy) is 2. The van der Waals surface area contributed by atoms with Crippen molar-refractivity contribution in [3.05, 3.63) is 29.8 Å². The molecule has 2 rings (SSSR count). The number of rotatable bonds is 4. The summed E-state index contributed by atoms with van der Waals surface area (Å²) in [7, 11) is 2.56. The molecule has 0 saturated heterocycles. The van der Waals surface area contributed by atoms with Crippen molar-refractivity contribution < 1.29 is 24.2 Å². The van der Waals surface area contributed by atoms with Crippen LogP contribution in [0.1, 0.15) is 17.3 Å². The molecular weight excluding hydrogens is 288 g/mol. The minimum atomic E-state index is -0.594. The second kappa shape index (κ2) is 6.57. The Morgan fingerprint density at radius 1 is 1.23 bits per heavy atom. The Kier molecular flexibility index (Phi) is 4.77. The maximum absolute atomic E-state index is 11.9. The second-order valence-electron chi connectivity index (χ2n) is 4.86. The van der Waals surface area contributed by atoms with Gasteiger partial charge in [-0.15, -0.1) is 0 Å². The van der Waals surface area contributed by atoms with E-state index in [4.69, 9.17) is 9.47 Å². The lowest BCUT2D eigenvalue weighted by Gasteiger charge is -2.24. The number of carbonyl (C=O) groups excluding carboxylic acids is 2. The van der Waals surface area contributed by atoms with Gasteiger partial charge in [-0.05, 0) is 19.1 Å². The van der Waals surface area contributed by atoms with Gasteiger partial charge in [0.15, 0.2) is 5.71 Å². The fourth-order valence-electron chi connectivity index (χ4n) is 2.45. The van der Waals surface area contributed by atoms with E-state index in [1.165, 1.54) is 14.2 Å². The van der Waals surface area contributed by atoms with E-state index < -0.39 is 17.9 Å². The SMILES string of the molecule is COC(=O)C1=NN(c2ccccc2C(=O)OC)[C@@H](C)[C@@H]1CO. The molecule has 0 radical (unpaired) electrons. The lowest BCUT2D eigenvalue weighted by molar-refractivity contribution is -0.133. The Morgan fingerprint density at radius 3 is 2.45 bits per heavy atom. The third kappa shape index (κ3) is 2.67. The van der Waals surface area contributed by atoms with Gasteiger partial charge in [-0.3, -0.25) is 5.01 Å². The molecule has 0 bridgehead atoms. The van der Waals surface area contributed by atoms with E-state index in [-0.39, 0.29) is 18.4 Å². The van der Waals surface area contributed by atoms with Gasteiger partial charge in [0, 0.05) is 0 Å². The molecule has 0 spiro atoms. The van der Waals surface area contributed by atoms with E-state index >= 15 is 0 Å². The Labute approximate surface area is 128 Å². The summed E-state index contributed by atoms with van der Waals surface area (Å²) in [6, 6.07) is 6.50. The molecule has 0 aromatic heterocycles. The summed E-state index contributed by atoms with van der Waals surface area (Å²) in [4.78, 5) is 23.7. The van der Waals surface area contributed by atoms with Gasteiger partial charge in [0.2, 0.25) is 0 Å². The van der Waals surface area contributed by atoms with Crippen LogP contribution in [0.5, 0.6) is 0 Å². The number of carbonyl (C=O) groups is 2. The minimum absolute atomic E-state index is 0.136. The van der Waals surface area contributed by atoms with Crippen LogP contribution in [-0.4, -0.2) is 49.6 Å². The summed E-state index contributed by atoms with van der Waals surface area (Å²) in [6.45, 7) is 1.57. The second-order valence-corrected chi connectivity index (χ2v) is 4.86. The molecule has 0 aliphatic carbocycles. The molecule has 1 heterocycles. The van der Waals surface area contributed by atoms with Crippen molar-refractivity contribution in [3.8, 4) is 0 Å². The highest BCUT2D eigenvalue weighted by Crippen LogP contribution is 2.31. The quantitative estimate of drug-likeness (QED) is 0.829. The van der Waals surface area contributed by atoms with Crippen LogP contribution >= 0.6 is 0 Å². The van der Waals surface area contributed by atoms with E-state index in [0.29, 0.717) is 11.3 Å². The number of anilines is 1. The smallest absolute Gasteiger partial charge is 0.354 e. The van der Waals surface area contributed by atoms with Gasteiger partial charge in [-0.1, -0.05) is 12.1 Å². The lowest BCUT2D eigenvalue weighted by atomic mass is 9.97. The van der Waals surface area contributed by atoms with Crippen LogP contribution in [0.15, 0.2) is 29.4 Å². The van der Waals surface area contributed by atoms with Crippen LogP contribution in [0.4, 0.5) is 5.69 Å². The van der Waals surface area contributed by atoms with Crippen molar-refractivity contribution >= 4 is 23.3 Å². The molecule has 1 aliphatic rings. The van der Waals surface area contributed by atoms with Crippen molar-refractivity contribution in [1.29, 1.82) is 0 Å². The third-order valence-electron chi connectivity index (χ3n) is 3.68. The average Bonchev–Trinajstić information content (AvgIpc) is 2.89. The number of benzene rings is 1. The molecule has 0 saturated carbocycles. The summed E-state index contributed by atoms with van der Waals surface area (Å²) < 4.78 is 9.46. The Balaban J connectivity index is 2.47. The normalized spacial score (nSPS) is 20.5. The molecule has 22 heavy (non-hydrogen) atoms. The average molecular weight is 306 g/mol. The van der Waals surface area contributed by atoms with Crippen molar-refractivity contribution in [1.82, 2.24) is 0 Å². The monoisotopic (exact) mass is 306 g/mol. The molecule has 1 aromatic carbocycles. The predicted molar refractivity (Wildman–Crippen MR) is 79.7 cm³/mol. The fraction of sp³-hybridized carbons (Fsp3) is 0.400. The first-order chi connectivity index (χ1) is 10.5. The molecule has 0 unspecified atom stereocenters. The van der Waals surface area contributed by atoms with E-state index in [2.05, 4.69) is 5.10 Å². The fourth-order valence-corrected chi connectivity index (χ4v) is 2.45. The summed E-state index contributed by atoms with van der Waals surface area (Å²) in [5.41, 5.74) is 0.986. The number of hydrogen-bond donors (Lipinski definition) is 1. The van der Waals surface area contributed by atoms with E-state index in [0.717, 1.165) is 0 Å². The maximum atomic E-state index is 11.9. The van der Waals surface area contributed by atoms with Crippen molar-refractivity contribution in [3.63, 3.8) is 0 Å². The zero-order chi connectivity index (χ0) is 16.3. The number of para-hydroxylation sites is 1. The number of methoxy groups -OCH3 is 2. The van der Waals surface area contributed by atoms with Gasteiger partial charge in [0.05, 0.1) is 44.0 Å². The van der Waals surface area contributed by atoms with Gasteiger partial charge in [-0.25, -0.2) is 9.59 Å². The first kappa shape index (κ1) is 16.0. The highest BCUT2D eigenvalue weighted by molar-refractivity contribution is 6.38. The molecule has 118 valence electrons. The van der Waals surface area contributed by atoms with Crippen LogP contribution in [0, 0.1) is 5.92 Å². The molecule has 0 fully saturated rings. The van der Waals surface area contributed by atoms with E-state index in [1.54, 1.807) is 29.3 Å². The number of esters is 2. The molecule has 1 N–H and O–H groups in total.